The number of fused-ring (bicyclic) bond motifs is 1. The molecule has 0 spiro atoms. The molecule has 0 aliphatic carbocycles. The van der Waals surface area contributed by atoms with Crippen LogP contribution in [0.25, 0.3) is 0 Å². The van der Waals surface area contributed by atoms with Crippen molar-refractivity contribution < 1.29 is 4.74 Å². The predicted molar refractivity (Wildman–Crippen MR) is 76.5 cm³/mol. The molecule has 0 saturated heterocycles. The summed E-state index contributed by atoms with van der Waals surface area (Å²) in [6, 6.07) is 8.05. The van der Waals surface area contributed by atoms with Crippen molar-refractivity contribution in [2.24, 2.45) is 5.73 Å². The van der Waals surface area contributed by atoms with Crippen molar-refractivity contribution in [2.45, 2.75) is 38.3 Å². The van der Waals surface area contributed by atoms with Crippen LogP contribution in [0.3, 0.4) is 0 Å². The van der Waals surface area contributed by atoms with E-state index >= 15 is 0 Å². The molecule has 1 aliphatic rings. The lowest BCUT2D eigenvalue weighted by Gasteiger charge is -2.30. The highest BCUT2D eigenvalue weighted by Crippen LogP contribution is 2.39. The quantitative estimate of drug-likeness (QED) is 0.927. The number of hydrogen-bond acceptors (Lipinski definition) is 4. The highest BCUT2D eigenvalue weighted by Gasteiger charge is 2.29. The standard InChI is InChI=1S/C15H20N4O/c1-2-8-19-13(10-17-18-19)15(16)12-7-9-20-14-6-4-3-5-11(12)14/h3-6,10,12,15H,2,7-9,16H2,1H3. The Labute approximate surface area is 118 Å². The third-order valence-electron chi connectivity index (χ3n) is 3.86. The topological polar surface area (TPSA) is 66.0 Å². The molecule has 5 nitrogen and oxygen atoms in total. The maximum atomic E-state index is 6.50. The van der Waals surface area contributed by atoms with Crippen molar-refractivity contribution in [2.75, 3.05) is 6.61 Å². The zero-order valence-electron chi connectivity index (χ0n) is 11.7. The second kappa shape index (κ2) is 5.63. The fraction of sp³-hybridized carbons (Fsp3) is 0.467. The minimum absolute atomic E-state index is 0.0957. The second-order valence-electron chi connectivity index (χ2n) is 5.19. The van der Waals surface area contributed by atoms with Gasteiger partial charge in [-0.15, -0.1) is 5.10 Å². The average molecular weight is 272 g/mol. The first-order chi connectivity index (χ1) is 9.81. The van der Waals surface area contributed by atoms with Gasteiger partial charge in [0, 0.05) is 12.5 Å². The van der Waals surface area contributed by atoms with E-state index in [0.717, 1.165) is 30.8 Å². The third-order valence-corrected chi connectivity index (χ3v) is 3.86. The molecule has 0 amide bonds. The molecule has 0 fully saturated rings. The van der Waals surface area contributed by atoms with Crippen LogP contribution >= 0.6 is 0 Å². The molecule has 5 heteroatoms. The maximum absolute atomic E-state index is 6.50. The number of para-hydroxylation sites is 1. The van der Waals surface area contributed by atoms with Crippen LogP contribution in [0.2, 0.25) is 0 Å². The fourth-order valence-electron chi connectivity index (χ4n) is 2.86. The highest BCUT2D eigenvalue weighted by atomic mass is 16.5. The lowest BCUT2D eigenvalue weighted by Crippen LogP contribution is -2.27. The highest BCUT2D eigenvalue weighted by molar-refractivity contribution is 5.39. The van der Waals surface area contributed by atoms with E-state index in [1.54, 1.807) is 6.20 Å². The van der Waals surface area contributed by atoms with Gasteiger partial charge in [0.1, 0.15) is 5.75 Å². The van der Waals surface area contributed by atoms with Crippen molar-refractivity contribution in [3.63, 3.8) is 0 Å². The Morgan fingerprint density at radius 1 is 1.45 bits per heavy atom. The van der Waals surface area contributed by atoms with Crippen molar-refractivity contribution in [3.05, 3.63) is 41.7 Å². The first kappa shape index (κ1) is 13.1. The lowest BCUT2D eigenvalue weighted by atomic mass is 9.85. The zero-order valence-corrected chi connectivity index (χ0v) is 11.7. The average Bonchev–Trinajstić information content (AvgIpc) is 2.94. The molecule has 1 aliphatic heterocycles. The number of aryl methyl sites for hydroxylation is 1. The molecule has 20 heavy (non-hydrogen) atoms. The summed E-state index contributed by atoms with van der Waals surface area (Å²) in [4.78, 5) is 0. The molecule has 3 rings (SSSR count). The van der Waals surface area contributed by atoms with Crippen molar-refractivity contribution >= 4 is 0 Å². The Kier molecular flexibility index (Phi) is 3.69. The summed E-state index contributed by atoms with van der Waals surface area (Å²) in [7, 11) is 0. The van der Waals surface area contributed by atoms with Gasteiger partial charge in [-0.25, -0.2) is 4.68 Å². The van der Waals surface area contributed by atoms with Crippen LogP contribution < -0.4 is 10.5 Å². The van der Waals surface area contributed by atoms with Crippen molar-refractivity contribution in [1.82, 2.24) is 15.0 Å². The Morgan fingerprint density at radius 2 is 2.30 bits per heavy atom. The second-order valence-corrected chi connectivity index (χ2v) is 5.19. The van der Waals surface area contributed by atoms with E-state index < -0.39 is 0 Å². The largest absolute Gasteiger partial charge is 0.493 e. The normalized spacial score (nSPS) is 19.2. The number of benzene rings is 1. The molecule has 0 saturated carbocycles. The predicted octanol–water partition coefficient (Wildman–Crippen LogP) is 2.25. The Hall–Kier alpha value is -1.88. The van der Waals surface area contributed by atoms with Crippen LogP contribution in [0.1, 0.15) is 43.0 Å². The van der Waals surface area contributed by atoms with Gasteiger partial charge in [-0.2, -0.15) is 0 Å². The van der Waals surface area contributed by atoms with Crippen LogP contribution in [0.4, 0.5) is 0 Å². The van der Waals surface area contributed by atoms with Gasteiger partial charge in [0.25, 0.3) is 0 Å². The SMILES string of the molecule is CCCn1nncc1C(N)C1CCOc2ccccc21. The van der Waals surface area contributed by atoms with E-state index in [-0.39, 0.29) is 12.0 Å². The van der Waals surface area contributed by atoms with Crippen molar-refractivity contribution in [3.8, 4) is 5.75 Å². The Morgan fingerprint density at radius 3 is 3.15 bits per heavy atom. The summed E-state index contributed by atoms with van der Waals surface area (Å²) in [5.41, 5.74) is 8.70. The molecular weight excluding hydrogens is 252 g/mol. The Balaban J connectivity index is 1.91. The molecule has 2 N–H and O–H groups in total. The van der Waals surface area contributed by atoms with Crippen LogP contribution in [-0.2, 0) is 6.54 Å². The zero-order chi connectivity index (χ0) is 13.9. The molecule has 106 valence electrons. The molecule has 0 bridgehead atoms. The van der Waals surface area contributed by atoms with Gasteiger partial charge < -0.3 is 10.5 Å². The Bertz CT molecular complexity index is 581. The fourth-order valence-corrected chi connectivity index (χ4v) is 2.86. The first-order valence-electron chi connectivity index (χ1n) is 7.17. The van der Waals surface area contributed by atoms with Gasteiger partial charge in [-0.3, -0.25) is 0 Å². The minimum atomic E-state index is -0.0957. The lowest BCUT2D eigenvalue weighted by molar-refractivity contribution is 0.253. The van der Waals surface area contributed by atoms with Crippen LogP contribution in [0, 0.1) is 0 Å². The van der Waals surface area contributed by atoms with Crippen molar-refractivity contribution in [1.29, 1.82) is 0 Å². The maximum Gasteiger partial charge on any atom is 0.122 e. The van der Waals surface area contributed by atoms with E-state index in [1.165, 1.54) is 5.56 Å². The van der Waals surface area contributed by atoms with Crippen LogP contribution in [0.5, 0.6) is 5.75 Å². The van der Waals surface area contributed by atoms with Gasteiger partial charge in [0.15, 0.2) is 0 Å². The smallest absolute Gasteiger partial charge is 0.122 e. The summed E-state index contributed by atoms with van der Waals surface area (Å²) < 4.78 is 7.62. The summed E-state index contributed by atoms with van der Waals surface area (Å²) in [6.07, 6.45) is 3.74. The van der Waals surface area contributed by atoms with Crippen LogP contribution in [-0.4, -0.2) is 21.6 Å². The first-order valence-corrected chi connectivity index (χ1v) is 7.17. The molecule has 1 aromatic carbocycles. The molecule has 2 aromatic rings. The van der Waals surface area contributed by atoms with Gasteiger partial charge in [0.2, 0.25) is 0 Å². The molecule has 2 heterocycles. The van der Waals surface area contributed by atoms with Gasteiger partial charge in [0.05, 0.1) is 24.5 Å². The van der Waals surface area contributed by atoms with E-state index in [2.05, 4.69) is 23.3 Å². The molecule has 1 aromatic heterocycles. The molecule has 2 unspecified atom stereocenters. The summed E-state index contributed by atoms with van der Waals surface area (Å²) in [6.45, 7) is 3.69. The van der Waals surface area contributed by atoms with E-state index in [0.29, 0.717) is 6.61 Å². The number of nitrogens with zero attached hydrogens (tertiary/aromatic N) is 3. The van der Waals surface area contributed by atoms with Crippen LogP contribution in [0.15, 0.2) is 30.5 Å². The molecule has 0 radical (unpaired) electrons. The minimum Gasteiger partial charge on any atom is -0.493 e. The summed E-state index contributed by atoms with van der Waals surface area (Å²) in [5, 5.41) is 8.15. The number of aromatic nitrogens is 3. The molecular formula is C15H20N4O. The number of ether oxygens (including phenoxy) is 1. The number of nitrogens with two attached hydrogens (primary N) is 1. The van der Waals surface area contributed by atoms with E-state index in [4.69, 9.17) is 10.5 Å². The molecule has 2 atom stereocenters. The van der Waals surface area contributed by atoms with Gasteiger partial charge in [-0.1, -0.05) is 30.3 Å². The third kappa shape index (κ3) is 2.29. The monoisotopic (exact) mass is 272 g/mol. The number of hydrogen-bond donors (Lipinski definition) is 1. The van der Waals surface area contributed by atoms with E-state index in [1.807, 2.05) is 22.9 Å². The van der Waals surface area contributed by atoms with Gasteiger partial charge in [-0.05, 0) is 24.5 Å². The summed E-state index contributed by atoms with van der Waals surface area (Å²) >= 11 is 0. The van der Waals surface area contributed by atoms with Gasteiger partial charge >= 0.3 is 0 Å². The number of rotatable bonds is 4. The summed E-state index contributed by atoms with van der Waals surface area (Å²) in [5.74, 6) is 1.21. The van der Waals surface area contributed by atoms with E-state index in [9.17, 15) is 0 Å².